The average molecular weight is 223 g/mol. The molecule has 1 aromatic rings. The van der Waals surface area contributed by atoms with Crippen LogP contribution in [0.3, 0.4) is 0 Å². The summed E-state index contributed by atoms with van der Waals surface area (Å²) in [5.41, 5.74) is 1.49. The zero-order chi connectivity index (χ0) is 11.3. The van der Waals surface area contributed by atoms with Crippen molar-refractivity contribution in [3.63, 3.8) is 0 Å². The van der Waals surface area contributed by atoms with Crippen molar-refractivity contribution in [3.8, 4) is 6.07 Å². The Labute approximate surface area is 95.9 Å². The predicted molar refractivity (Wildman–Crippen MR) is 64.1 cm³/mol. The third-order valence-electron chi connectivity index (χ3n) is 2.44. The zero-order valence-corrected chi connectivity index (χ0v) is 9.80. The Hall–Kier alpha value is -1.20. The molecule has 0 spiro atoms. The van der Waals surface area contributed by atoms with Gasteiger partial charge in [-0.25, -0.2) is 0 Å². The molecule has 1 atom stereocenters. The normalized spacial score (nSPS) is 11.9. The highest BCUT2D eigenvalue weighted by Gasteiger charge is 2.02. The summed E-state index contributed by atoms with van der Waals surface area (Å²) < 4.78 is 0. The van der Waals surface area contributed by atoms with Gasteiger partial charge in [0, 0.05) is 12.2 Å². The second kappa shape index (κ2) is 5.63. The van der Waals surface area contributed by atoms with Gasteiger partial charge in [0.05, 0.1) is 10.6 Å². The monoisotopic (exact) mass is 222 g/mol. The molecule has 1 aromatic carbocycles. The van der Waals surface area contributed by atoms with Gasteiger partial charge >= 0.3 is 0 Å². The average Bonchev–Trinajstić information content (AvgIpc) is 2.26. The summed E-state index contributed by atoms with van der Waals surface area (Å²) in [4.78, 5) is 0. The highest BCUT2D eigenvalue weighted by atomic mass is 35.5. The Kier molecular flexibility index (Phi) is 4.45. The molecule has 0 amide bonds. The van der Waals surface area contributed by atoms with Gasteiger partial charge in [0.25, 0.3) is 0 Å². The van der Waals surface area contributed by atoms with Crippen molar-refractivity contribution in [2.24, 2.45) is 5.92 Å². The van der Waals surface area contributed by atoms with Crippen molar-refractivity contribution < 1.29 is 0 Å². The summed E-state index contributed by atoms with van der Waals surface area (Å²) in [6.45, 7) is 5.29. The number of nitrogens with one attached hydrogen (secondary N) is 1. The molecule has 0 radical (unpaired) electrons. The molecule has 0 aliphatic rings. The molecule has 0 aliphatic carbocycles. The number of hydrogen-bond acceptors (Lipinski definition) is 2. The van der Waals surface area contributed by atoms with E-state index in [1.165, 1.54) is 0 Å². The molecule has 0 aromatic heterocycles. The zero-order valence-electron chi connectivity index (χ0n) is 9.05. The molecule has 3 heteroatoms. The van der Waals surface area contributed by atoms with Crippen LogP contribution in [0.15, 0.2) is 18.2 Å². The summed E-state index contributed by atoms with van der Waals surface area (Å²) in [5, 5.41) is 12.5. The Morgan fingerprint density at radius 1 is 1.53 bits per heavy atom. The Bertz CT molecular complexity index is 368. The van der Waals surface area contributed by atoms with E-state index in [0.29, 0.717) is 16.5 Å². The van der Waals surface area contributed by atoms with Crippen LogP contribution in [0.4, 0.5) is 5.69 Å². The highest BCUT2D eigenvalue weighted by Crippen LogP contribution is 2.20. The van der Waals surface area contributed by atoms with Crippen molar-refractivity contribution in [2.75, 3.05) is 11.9 Å². The molecule has 0 unspecified atom stereocenters. The van der Waals surface area contributed by atoms with Crippen LogP contribution in [0.2, 0.25) is 5.02 Å². The number of nitriles is 1. The predicted octanol–water partition coefficient (Wildman–Crippen LogP) is 3.67. The lowest BCUT2D eigenvalue weighted by atomic mass is 10.1. The number of anilines is 1. The van der Waals surface area contributed by atoms with E-state index in [-0.39, 0.29) is 0 Å². The Morgan fingerprint density at radius 3 is 2.80 bits per heavy atom. The van der Waals surface area contributed by atoms with Crippen LogP contribution in [-0.4, -0.2) is 6.54 Å². The van der Waals surface area contributed by atoms with E-state index in [1.807, 2.05) is 12.1 Å². The van der Waals surface area contributed by atoms with Gasteiger partial charge in [-0.2, -0.15) is 5.26 Å². The molecule has 0 heterocycles. The summed E-state index contributed by atoms with van der Waals surface area (Å²) in [6.07, 6.45) is 1.15. The van der Waals surface area contributed by atoms with Gasteiger partial charge in [-0.3, -0.25) is 0 Å². The van der Waals surface area contributed by atoms with Crippen LogP contribution in [0.5, 0.6) is 0 Å². The van der Waals surface area contributed by atoms with E-state index in [9.17, 15) is 0 Å². The number of benzene rings is 1. The molecule has 1 N–H and O–H groups in total. The molecular formula is C12H15ClN2. The Morgan fingerprint density at radius 2 is 2.27 bits per heavy atom. The van der Waals surface area contributed by atoms with Crippen LogP contribution in [0.25, 0.3) is 0 Å². The largest absolute Gasteiger partial charge is 0.385 e. The van der Waals surface area contributed by atoms with Gasteiger partial charge in [-0.15, -0.1) is 0 Å². The van der Waals surface area contributed by atoms with Gasteiger partial charge in [-0.05, 0) is 24.1 Å². The van der Waals surface area contributed by atoms with E-state index in [4.69, 9.17) is 16.9 Å². The van der Waals surface area contributed by atoms with Crippen molar-refractivity contribution >= 4 is 17.3 Å². The molecule has 0 saturated heterocycles. The molecular weight excluding hydrogens is 208 g/mol. The minimum absolute atomic E-state index is 0.506. The minimum Gasteiger partial charge on any atom is -0.385 e. The van der Waals surface area contributed by atoms with Gasteiger partial charge in [0.15, 0.2) is 0 Å². The highest BCUT2D eigenvalue weighted by molar-refractivity contribution is 6.32. The third-order valence-corrected chi connectivity index (χ3v) is 2.75. The topological polar surface area (TPSA) is 35.8 Å². The molecule has 2 nitrogen and oxygen atoms in total. The van der Waals surface area contributed by atoms with Gasteiger partial charge in [-0.1, -0.05) is 31.9 Å². The van der Waals surface area contributed by atoms with Gasteiger partial charge < -0.3 is 5.32 Å². The van der Waals surface area contributed by atoms with Crippen molar-refractivity contribution in [1.29, 1.82) is 5.26 Å². The van der Waals surface area contributed by atoms with Crippen LogP contribution in [-0.2, 0) is 0 Å². The van der Waals surface area contributed by atoms with E-state index >= 15 is 0 Å². The third kappa shape index (κ3) is 3.45. The van der Waals surface area contributed by atoms with Crippen LogP contribution in [0.1, 0.15) is 25.8 Å². The SMILES string of the molecule is CC[C@@H](C)CNc1ccc(C#N)c(Cl)c1. The fourth-order valence-corrected chi connectivity index (χ4v) is 1.37. The molecule has 0 fully saturated rings. The summed E-state index contributed by atoms with van der Waals surface area (Å²) in [7, 11) is 0. The first kappa shape index (κ1) is 11.9. The summed E-state index contributed by atoms with van der Waals surface area (Å²) in [5.74, 6) is 0.638. The lowest BCUT2D eigenvalue weighted by molar-refractivity contribution is 0.593. The molecule has 0 bridgehead atoms. The maximum absolute atomic E-state index is 8.71. The van der Waals surface area contributed by atoms with Gasteiger partial charge in [0.1, 0.15) is 6.07 Å². The first-order chi connectivity index (χ1) is 7.17. The number of halogens is 1. The quantitative estimate of drug-likeness (QED) is 0.844. The van der Waals surface area contributed by atoms with Gasteiger partial charge in [0.2, 0.25) is 0 Å². The fourth-order valence-electron chi connectivity index (χ4n) is 1.15. The number of hydrogen-bond donors (Lipinski definition) is 1. The maximum atomic E-state index is 8.71. The molecule has 80 valence electrons. The molecule has 15 heavy (non-hydrogen) atoms. The van der Waals surface area contributed by atoms with Crippen molar-refractivity contribution in [3.05, 3.63) is 28.8 Å². The van der Waals surface area contributed by atoms with E-state index in [1.54, 1.807) is 12.1 Å². The molecule has 0 saturated carbocycles. The standard InChI is InChI=1S/C12H15ClN2/c1-3-9(2)8-15-11-5-4-10(7-14)12(13)6-11/h4-6,9,15H,3,8H2,1-2H3/t9-/m1/s1. The summed E-state index contributed by atoms with van der Waals surface area (Å²) in [6, 6.07) is 7.45. The minimum atomic E-state index is 0.506. The fraction of sp³-hybridized carbons (Fsp3) is 0.417. The lowest BCUT2D eigenvalue weighted by Gasteiger charge is -2.11. The first-order valence-electron chi connectivity index (χ1n) is 5.11. The second-order valence-electron chi connectivity index (χ2n) is 3.70. The van der Waals surface area contributed by atoms with Crippen LogP contribution in [0, 0.1) is 17.2 Å². The second-order valence-corrected chi connectivity index (χ2v) is 4.11. The van der Waals surface area contributed by atoms with Crippen molar-refractivity contribution in [2.45, 2.75) is 20.3 Å². The smallest absolute Gasteiger partial charge is 0.101 e. The molecule has 0 aliphatic heterocycles. The lowest BCUT2D eigenvalue weighted by Crippen LogP contribution is -2.10. The molecule has 1 rings (SSSR count). The number of nitrogens with zero attached hydrogens (tertiary/aromatic N) is 1. The van der Waals surface area contributed by atoms with E-state index < -0.39 is 0 Å². The van der Waals surface area contributed by atoms with Crippen LogP contribution < -0.4 is 5.32 Å². The van der Waals surface area contributed by atoms with E-state index in [2.05, 4.69) is 19.2 Å². The first-order valence-corrected chi connectivity index (χ1v) is 5.48. The maximum Gasteiger partial charge on any atom is 0.101 e. The number of rotatable bonds is 4. The van der Waals surface area contributed by atoms with Crippen molar-refractivity contribution in [1.82, 2.24) is 0 Å². The summed E-state index contributed by atoms with van der Waals surface area (Å²) >= 11 is 5.92. The van der Waals surface area contributed by atoms with E-state index in [0.717, 1.165) is 18.7 Å². The van der Waals surface area contributed by atoms with Crippen LogP contribution >= 0.6 is 11.6 Å². The Balaban J connectivity index is 2.64.